The molecule has 110 valence electrons. The molecule has 1 atom stereocenters. The second-order valence-electron chi connectivity index (χ2n) is 5.27. The van der Waals surface area contributed by atoms with Gasteiger partial charge >= 0.3 is 0 Å². The van der Waals surface area contributed by atoms with Gasteiger partial charge in [-0.25, -0.2) is 4.98 Å². The summed E-state index contributed by atoms with van der Waals surface area (Å²) in [6, 6.07) is 7.51. The third-order valence-corrected chi connectivity index (χ3v) is 3.89. The minimum atomic E-state index is -0.107. The van der Waals surface area contributed by atoms with Crippen LogP contribution in [0, 0.1) is 0 Å². The number of rotatable bonds is 2. The molecular formula is C15H13N5O2. The summed E-state index contributed by atoms with van der Waals surface area (Å²) in [4.78, 5) is 27.1. The second-order valence-corrected chi connectivity index (χ2v) is 5.27. The number of para-hydroxylation sites is 2. The number of hydrogen-bond acceptors (Lipinski definition) is 6. The first kappa shape index (κ1) is 12.9. The highest BCUT2D eigenvalue weighted by Gasteiger charge is 2.31. The molecule has 0 aliphatic carbocycles. The van der Waals surface area contributed by atoms with Crippen molar-refractivity contribution in [1.29, 1.82) is 0 Å². The van der Waals surface area contributed by atoms with Crippen LogP contribution in [0.25, 0.3) is 11.0 Å². The van der Waals surface area contributed by atoms with Gasteiger partial charge in [0.25, 0.3) is 5.91 Å². The lowest BCUT2D eigenvalue weighted by Gasteiger charge is -2.15. The van der Waals surface area contributed by atoms with Crippen molar-refractivity contribution in [3.63, 3.8) is 0 Å². The van der Waals surface area contributed by atoms with Gasteiger partial charge in [-0.15, -0.1) is 0 Å². The maximum Gasteiger partial charge on any atom is 0.274 e. The topological polar surface area (TPSA) is 85.0 Å². The molecule has 7 nitrogen and oxygen atoms in total. The summed E-state index contributed by atoms with van der Waals surface area (Å²) < 4.78 is 4.77. The fraction of sp³-hybridized carbons (Fsp3) is 0.267. The second kappa shape index (κ2) is 5.18. The highest BCUT2D eigenvalue weighted by Crippen LogP contribution is 2.25. The highest BCUT2D eigenvalue weighted by atomic mass is 16.5. The summed E-state index contributed by atoms with van der Waals surface area (Å²) in [6.45, 7) is 1.24. The fourth-order valence-electron chi connectivity index (χ4n) is 2.74. The molecule has 1 aromatic carbocycles. The number of aromatic nitrogens is 4. The monoisotopic (exact) mass is 295 g/mol. The molecule has 1 unspecified atom stereocenters. The Morgan fingerprint density at radius 3 is 2.91 bits per heavy atom. The van der Waals surface area contributed by atoms with Crippen molar-refractivity contribution >= 4 is 16.9 Å². The summed E-state index contributed by atoms with van der Waals surface area (Å²) in [5, 5.41) is 3.85. The zero-order valence-corrected chi connectivity index (χ0v) is 11.7. The maximum absolute atomic E-state index is 12.6. The molecule has 22 heavy (non-hydrogen) atoms. The van der Waals surface area contributed by atoms with E-state index in [1.165, 1.54) is 12.6 Å². The van der Waals surface area contributed by atoms with Crippen molar-refractivity contribution in [3.8, 4) is 0 Å². The predicted molar refractivity (Wildman–Crippen MR) is 77.1 cm³/mol. The van der Waals surface area contributed by atoms with Crippen LogP contribution >= 0.6 is 0 Å². The number of hydrogen-bond donors (Lipinski definition) is 0. The smallest absolute Gasteiger partial charge is 0.274 e. The molecule has 1 amide bonds. The molecule has 1 saturated heterocycles. The van der Waals surface area contributed by atoms with Crippen molar-refractivity contribution in [2.45, 2.75) is 12.3 Å². The van der Waals surface area contributed by atoms with Crippen LogP contribution in [0.1, 0.15) is 28.7 Å². The number of carbonyl (C=O) groups is 1. The third kappa shape index (κ3) is 2.20. The highest BCUT2D eigenvalue weighted by molar-refractivity contribution is 5.94. The molecule has 0 radical (unpaired) electrons. The number of benzene rings is 1. The number of amides is 1. The van der Waals surface area contributed by atoms with Gasteiger partial charge in [0.05, 0.1) is 17.2 Å². The molecule has 3 heterocycles. The molecule has 7 heteroatoms. The van der Waals surface area contributed by atoms with Gasteiger partial charge < -0.3 is 9.42 Å². The van der Waals surface area contributed by atoms with E-state index in [-0.39, 0.29) is 11.8 Å². The first-order valence-corrected chi connectivity index (χ1v) is 7.08. The minimum absolute atomic E-state index is 0.107. The summed E-state index contributed by atoms with van der Waals surface area (Å²) in [7, 11) is 0. The lowest BCUT2D eigenvalue weighted by atomic mass is 10.1. The van der Waals surface area contributed by atoms with E-state index < -0.39 is 0 Å². The van der Waals surface area contributed by atoms with Crippen LogP contribution in [0.15, 0.2) is 41.4 Å². The molecule has 4 rings (SSSR count). The largest absolute Gasteiger partial charge is 0.343 e. The van der Waals surface area contributed by atoms with Gasteiger partial charge in [0, 0.05) is 19.0 Å². The van der Waals surface area contributed by atoms with E-state index in [1.807, 2.05) is 24.3 Å². The van der Waals surface area contributed by atoms with Crippen molar-refractivity contribution in [1.82, 2.24) is 25.0 Å². The summed E-state index contributed by atoms with van der Waals surface area (Å²) in [6.07, 6.45) is 3.67. The van der Waals surface area contributed by atoms with Crippen LogP contribution in [-0.4, -0.2) is 44.0 Å². The average molecular weight is 295 g/mol. The van der Waals surface area contributed by atoms with Crippen LogP contribution in [0.5, 0.6) is 0 Å². The zero-order valence-electron chi connectivity index (χ0n) is 11.7. The molecule has 0 bridgehead atoms. The standard InChI is InChI=1S/C15H13N5O2/c21-15(13-7-16-11-3-1-2-4-12(11)18-13)20-6-5-10(8-20)14-17-9-22-19-14/h1-4,7,9-10H,5-6,8H2. The van der Waals surface area contributed by atoms with Gasteiger partial charge in [-0.2, -0.15) is 4.98 Å². The van der Waals surface area contributed by atoms with E-state index in [1.54, 1.807) is 4.90 Å². The number of carbonyl (C=O) groups excluding carboxylic acids is 1. The third-order valence-electron chi connectivity index (χ3n) is 3.89. The number of nitrogens with zero attached hydrogens (tertiary/aromatic N) is 5. The van der Waals surface area contributed by atoms with Crippen LogP contribution < -0.4 is 0 Å². The molecule has 1 aliphatic rings. The van der Waals surface area contributed by atoms with E-state index in [0.717, 1.165) is 17.5 Å². The minimum Gasteiger partial charge on any atom is -0.343 e. The average Bonchev–Trinajstić information content (AvgIpc) is 3.24. The molecular weight excluding hydrogens is 282 g/mol. The molecule has 3 aromatic rings. The van der Waals surface area contributed by atoms with E-state index in [2.05, 4.69) is 20.1 Å². The lowest BCUT2D eigenvalue weighted by molar-refractivity contribution is 0.0784. The molecule has 0 saturated carbocycles. The Morgan fingerprint density at radius 1 is 1.23 bits per heavy atom. The van der Waals surface area contributed by atoms with Gasteiger partial charge in [0.2, 0.25) is 6.39 Å². The zero-order chi connectivity index (χ0) is 14.9. The van der Waals surface area contributed by atoms with E-state index in [0.29, 0.717) is 24.6 Å². The summed E-state index contributed by atoms with van der Waals surface area (Å²) >= 11 is 0. The van der Waals surface area contributed by atoms with E-state index >= 15 is 0 Å². The van der Waals surface area contributed by atoms with Gasteiger partial charge in [0.1, 0.15) is 5.69 Å². The molecule has 0 spiro atoms. The SMILES string of the molecule is O=C(c1cnc2ccccc2n1)N1CCC(c2ncon2)C1. The van der Waals surface area contributed by atoms with Crippen LogP contribution in [-0.2, 0) is 0 Å². The number of likely N-dealkylation sites (tertiary alicyclic amines) is 1. The lowest BCUT2D eigenvalue weighted by Crippen LogP contribution is -2.29. The Balaban J connectivity index is 1.56. The summed E-state index contributed by atoms with van der Waals surface area (Å²) in [5.74, 6) is 0.667. The van der Waals surface area contributed by atoms with Crippen LogP contribution in [0.3, 0.4) is 0 Å². The van der Waals surface area contributed by atoms with Crippen molar-refractivity contribution in [2.75, 3.05) is 13.1 Å². The van der Waals surface area contributed by atoms with Crippen LogP contribution in [0.2, 0.25) is 0 Å². The van der Waals surface area contributed by atoms with Crippen molar-refractivity contribution in [2.24, 2.45) is 0 Å². The first-order valence-electron chi connectivity index (χ1n) is 7.08. The van der Waals surface area contributed by atoms with E-state index in [4.69, 9.17) is 4.52 Å². The fourth-order valence-corrected chi connectivity index (χ4v) is 2.74. The maximum atomic E-state index is 12.6. The Kier molecular flexibility index (Phi) is 3.03. The van der Waals surface area contributed by atoms with Crippen LogP contribution in [0.4, 0.5) is 0 Å². The molecule has 2 aromatic heterocycles. The first-order chi connectivity index (χ1) is 10.8. The van der Waals surface area contributed by atoms with Crippen molar-refractivity contribution in [3.05, 3.63) is 48.4 Å². The Hall–Kier alpha value is -2.83. The molecule has 1 fully saturated rings. The number of fused-ring (bicyclic) bond motifs is 1. The summed E-state index contributed by atoms with van der Waals surface area (Å²) in [5.41, 5.74) is 1.87. The quantitative estimate of drug-likeness (QED) is 0.714. The Morgan fingerprint density at radius 2 is 2.09 bits per heavy atom. The van der Waals surface area contributed by atoms with E-state index in [9.17, 15) is 4.79 Å². The van der Waals surface area contributed by atoms with Crippen molar-refractivity contribution < 1.29 is 9.32 Å². The van der Waals surface area contributed by atoms with Gasteiger partial charge in [-0.05, 0) is 18.6 Å². The molecule has 1 aliphatic heterocycles. The molecule has 0 N–H and O–H groups in total. The Labute approximate surface area is 126 Å². The predicted octanol–water partition coefficient (Wildman–Crippen LogP) is 1.64. The Bertz CT molecular complexity index is 818. The van der Waals surface area contributed by atoms with Gasteiger partial charge in [-0.1, -0.05) is 17.3 Å². The van der Waals surface area contributed by atoms with Gasteiger partial charge in [0.15, 0.2) is 5.82 Å². The van der Waals surface area contributed by atoms with Gasteiger partial charge in [-0.3, -0.25) is 9.78 Å². The normalized spacial score (nSPS) is 18.0.